The van der Waals surface area contributed by atoms with Crippen LogP contribution in [0, 0.1) is 0 Å². The molecule has 0 spiro atoms. The number of thioether (sulfide) groups is 1. The van der Waals surface area contributed by atoms with E-state index in [1.807, 2.05) is 31.2 Å². The third kappa shape index (κ3) is 7.79. The van der Waals surface area contributed by atoms with Gasteiger partial charge in [0.25, 0.3) is 0 Å². The van der Waals surface area contributed by atoms with Crippen molar-refractivity contribution in [2.24, 2.45) is 5.73 Å². The van der Waals surface area contributed by atoms with Crippen LogP contribution in [0.1, 0.15) is 29.3 Å². The summed E-state index contributed by atoms with van der Waals surface area (Å²) in [6, 6.07) is 13.9. The highest BCUT2D eigenvalue weighted by atomic mass is 35.5. The van der Waals surface area contributed by atoms with Crippen molar-refractivity contribution in [1.82, 2.24) is 4.90 Å². The lowest BCUT2D eigenvalue weighted by molar-refractivity contribution is -0.128. The van der Waals surface area contributed by atoms with Gasteiger partial charge in [-0.15, -0.1) is 11.8 Å². The van der Waals surface area contributed by atoms with Crippen molar-refractivity contribution in [3.8, 4) is 0 Å². The molecule has 0 fully saturated rings. The Bertz CT molecular complexity index is 841. The zero-order valence-corrected chi connectivity index (χ0v) is 17.8. The van der Waals surface area contributed by atoms with Crippen LogP contribution in [-0.2, 0) is 15.3 Å². The molecule has 6 nitrogen and oxygen atoms in total. The molecule has 2 aromatic rings. The SMILES string of the molecule is CCN(CCC(=O)Nc1ccc(C(N)=O)cc1)C(=O)CSCc1ccc(Cl)cc1. The Hall–Kier alpha value is -2.51. The van der Waals surface area contributed by atoms with Gasteiger partial charge in [-0.1, -0.05) is 23.7 Å². The molecule has 2 aromatic carbocycles. The summed E-state index contributed by atoms with van der Waals surface area (Å²) in [5, 5.41) is 3.44. The summed E-state index contributed by atoms with van der Waals surface area (Å²) in [4.78, 5) is 37.3. The number of carbonyl (C=O) groups is 3. The molecule has 0 radical (unpaired) electrons. The molecule has 0 bridgehead atoms. The minimum atomic E-state index is -0.520. The smallest absolute Gasteiger partial charge is 0.248 e. The molecule has 0 aliphatic heterocycles. The zero-order valence-electron chi connectivity index (χ0n) is 16.2. The molecular formula is C21H24ClN3O3S. The molecule has 0 saturated carbocycles. The van der Waals surface area contributed by atoms with Crippen LogP contribution in [0.5, 0.6) is 0 Å². The largest absolute Gasteiger partial charge is 0.366 e. The van der Waals surface area contributed by atoms with Gasteiger partial charge in [0.05, 0.1) is 5.75 Å². The number of benzene rings is 2. The molecule has 3 amide bonds. The van der Waals surface area contributed by atoms with Crippen molar-refractivity contribution in [1.29, 1.82) is 0 Å². The van der Waals surface area contributed by atoms with Crippen LogP contribution in [0.15, 0.2) is 48.5 Å². The molecule has 29 heavy (non-hydrogen) atoms. The van der Waals surface area contributed by atoms with Gasteiger partial charge in [0.1, 0.15) is 0 Å². The van der Waals surface area contributed by atoms with E-state index in [2.05, 4.69) is 5.32 Å². The first-order valence-corrected chi connectivity index (χ1v) is 10.7. The van der Waals surface area contributed by atoms with Crippen LogP contribution in [0.2, 0.25) is 5.02 Å². The summed E-state index contributed by atoms with van der Waals surface area (Å²) < 4.78 is 0. The van der Waals surface area contributed by atoms with Crippen molar-refractivity contribution in [2.75, 3.05) is 24.2 Å². The van der Waals surface area contributed by atoms with Gasteiger partial charge in [0.2, 0.25) is 17.7 Å². The van der Waals surface area contributed by atoms with E-state index in [1.165, 1.54) is 11.8 Å². The van der Waals surface area contributed by atoms with E-state index >= 15 is 0 Å². The normalized spacial score (nSPS) is 10.4. The Morgan fingerprint density at radius 2 is 1.72 bits per heavy atom. The van der Waals surface area contributed by atoms with Crippen molar-refractivity contribution >= 4 is 46.8 Å². The van der Waals surface area contributed by atoms with E-state index in [0.717, 1.165) is 11.3 Å². The van der Waals surface area contributed by atoms with Gasteiger partial charge in [-0.2, -0.15) is 0 Å². The maximum Gasteiger partial charge on any atom is 0.248 e. The second-order valence-electron chi connectivity index (χ2n) is 6.33. The molecule has 0 unspecified atom stereocenters. The lowest BCUT2D eigenvalue weighted by Crippen LogP contribution is -2.35. The van der Waals surface area contributed by atoms with Gasteiger partial charge in [-0.05, 0) is 48.9 Å². The molecule has 2 rings (SSSR count). The monoisotopic (exact) mass is 433 g/mol. The Balaban J connectivity index is 1.74. The number of hydrogen-bond donors (Lipinski definition) is 2. The third-order valence-corrected chi connectivity index (χ3v) is 5.44. The highest BCUT2D eigenvalue weighted by molar-refractivity contribution is 7.99. The summed E-state index contributed by atoms with van der Waals surface area (Å²) >= 11 is 7.40. The minimum Gasteiger partial charge on any atom is -0.366 e. The lowest BCUT2D eigenvalue weighted by atomic mass is 10.2. The summed E-state index contributed by atoms with van der Waals surface area (Å²) in [5.74, 6) is 0.366. The van der Waals surface area contributed by atoms with Crippen LogP contribution in [-0.4, -0.2) is 41.5 Å². The number of nitrogens with two attached hydrogens (primary N) is 1. The first kappa shape index (κ1) is 22.8. The van der Waals surface area contributed by atoms with Crippen molar-refractivity contribution in [2.45, 2.75) is 19.1 Å². The molecule has 154 valence electrons. The second-order valence-corrected chi connectivity index (χ2v) is 7.75. The standard InChI is InChI=1S/C21H24ClN3O3S/c1-2-25(20(27)14-29-13-15-3-7-17(22)8-4-15)12-11-19(26)24-18-9-5-16(6-10-18)21(23)28/h3-10H,2,11-14H2,1H3,(H2,23,28)(H,24,26). The molecule has 8 heteroatoms. The molecule has 0 saturated heterocycles. The maximum atomic E-state index is 12.4. The van der Waals surface area contributed by atoms with Crippen molar-refractivity contribution in [3.05, 3.63) is 64.7 Å². The summed E-state index contributed by atoms with van der Waals surface area (Å²) in [6.07, 6.45) is 0.193. The first-order valence-electron chi connectivity index (χ1n) is 9.18. The summed E-state index contributed by atoms with van der Waals surface area (Å²) in [6.45, 7) is 2.78. The van der Waals surface area contributed by atoms with Crippen LogP contribution in [0.3, 0.4) is 0 Å². The quantitative estimate of drug-likeness (QED) is 0.599. The molecule has 0 heterocycles. The number of primary amides is 1. The van der Waals surface area contributed by atoms with E-state index in [4.69, 9.17) is 17.3 Å². The number of nitrogens with zero attached hydrogens (tertiary/aromatic N) is 1. The molecule has 0 aliphatic rings. The third-order valence-electron chi connectivity index (χ3n) is 4.20. The summed E-state index contributed by atoms with van der Waals surface area (Å²) in [5.41, 5.74) is 7.25. The highest BCUT2D eigenvalue weighted by Gasteiger charge is 2.14. The molecule has 0 aromatic heterocycles. The zero-order chi connectivity index (χ0) is 21.2. The lowest BCUT2D eigenvalue weighted by Gasteiger charge is -2.20. The van der Waals surface area contributed by atoms with E-state index in [-0.39, 0.29) is 18.2 Å². The number of anilines is 1. The Kier molecular flexibility index (Phi) is 9.02. The Labute approximate surface area is 179 Å². The van der Waals surface area contributed by atoms with E-state index in [0.29, 0.717) is 35.1 Å². The van der Waals surface area contributed by atoms with Crippen molar-refractivity contribution in [3.63, 3.8) is 0 Å². The number of hydrogen-bond acceptors (Lipinski definition) is 4. The maximum absolute atomic E-state index is 12.4. The minimum absolute atomic E-state index is 0.00470. The van der Waals surface area contributed by atoms with Gasteiger partial charge in [-0.25, -0.2) is 0 Å². The fourth-order valence-electron chi connectivity index (χ4n) is 2.57. The van der Waals surface area contributed by atoms with Crippen LogP contribution >= 0.6 is 23.4 Å². The number of carbonyl (C=O) groups excluding carboxylic acids is 3. The van der Waals surface area contributed by atoms with E-state index < -0.39 is 5.91 Å². The van der Waals surface area contributed by atoms with Gasteiger partial charge in [0, 0.05) is 41.5 Å². The van der Waals surface area contributed by atoms with Crippen molar-refractivity contribution < 1.29 is 14.4 Å². The molecular weight excluding hydrogens is 410 g/mol. The average Bonchev–Trinajstić information content (AvgIpc) is 2.70. The first-order chi connectivity index (χ1) is 13.9. The van der Waals surface area contributed by atoms with Crippen LogP contribution < -0.4 is 11.1 Å². The van der Waals surface area contributed by atoms with E-state index in [9.17, 15) is 14.4 Å². The molecule has 0 atom stereocenters. The number of rotatable bonds is 10. The van der Waals surface area contributed by atoms with Gasteiger partial charge in [-0.3, -0.25) is 14.4 Å². The Morgan fingerprint density at radius 3 is 2.31 bits per heavy atom. The highest BCUT2D eigenvalue weighted by Crippen LogP contribution is 2.16. The van der Waals surface area contributed by atoms with Gasteiger partial charge < -0.3 is 16.0 Å². The Morgan fingerprint density at radius 1 is 1.07 bits per heavy atom. The molecule has 3 N–H and O–H groups in total. The topological polar surface area (TPSA) is 92.5 Å². The summed E-state index contributed by atoms with van der Waals surface area (Å²) in [7, 11) is 0. The second kappa shape index (κ2) is 11.5. The molecule has 0 aliphatic carbocycles. The van der Waals surface area contributed by atoms with Crippen LogP contribution in [0.4, 0.5) is 5.69 Å². The average molecular weight is 434 g/mol. The van der Waals surface area contributed by atoms with Gasteiger partial charge >= 0.3 is 0 Å². The fourth-order valence-corrected chi connectivity index (χ4v) is 3.58. The number of halogens is 1. The predicted octanol–water partition coefficient (Wildman–Crippen LogP) is 3.55. The fraction of sp³-hybridized carbons (Fsp3) is 0.286. The van der Waals surface area contributed by atoms with E-state index in [1.54, 1.807) is 29.2 Å². The number of amides is 3. The van der Waals surface area contributed by atoms with Gasteiger partial charge in [0.15, 0.2) is 0 Å². The number of nitrogens with one attached hydrogen (secondary N) is 1. The van der Waals surface area contributed by atoms with Crippen LogP contribution in [0.25, 0.3) is 0 Å². The predicted molar refractivity (Wildman–Crippen MR) is 118 cm³/mol.